The van der Waals surface area contributed by atoms with Crippen LogP contribution in [0.4, 0.5) is 14.6 Å². The molecule has 0 bridgehead atoms. The summed E-state index contributed by atoms with van der Waals surface area (Å²) in [5.74, 6) is -1.95. The van der Waals surface area contributed by atoms with E-state index in [0.29, 0.717) is 37.4 Å². The van der Waals surface area contributed by atoms with Gasteiger partial charge in [0.05, 0.1) is 12.0 Å². The van der Waals surface area contributed by atoms with Crippen molar-refractivity contribution in [1.29, 1.82) is 0 Å². The first-order valence-corrected chi connectivity index (χ1v) is 12.3. The van der Waals surface area contributed by atoms with Gasteiger partial charge >= 0.3 is 0 Å². The van der Waals surface area contributed by atoms with Gasteiger partial charge in [-0.2, -0.15) is 0 Å². The average Bonchev–Trinajstić information content (AvgIpc) is 3.33. The Labute approximate surface area is 209 Å². The van der Waals surface area contributed by atoms with E-state index in [1.54, 1.807) is 17.2 Å². The summed E-state index contributed by atoms with van der Waals surface area (Å²) in [6, 6.07) is 14.3. The molecule has 1 N–H and O–H groups in total. The van der Waals surface area contributed by atoms with Crippen LogP contribution in [0.15, 0.2) is 67.1 Å². The van der Waals surface area contributed by atoms with Crippen molar-refractivity contribution in [1.82, 2.24) is 14.9 Å². The number of nitrogens with zero attached hydrogens (tertiary/aromatic N) is 4. The third kappa shape index (κ3) is 4.13. The Hall–Kier alpha value is -3.39. The number of anilines is 1. The normalized spacial score (nSPS) is 28.4. The number of carbonyl (C=O) groups excluding carboxylic acids is 1. The fourth-order valence-electron chi connectivity index (χ4n) is 5.97. The number of benzene rings is 2. The second-order valence-electron chi connectivity index (χ2n) is 9.94. The predicted molar refractivity (Wildman–Crippen MR) is 132 cm³/mol. The van der Waals surface area contributed by atoms with Crippen LogP contribution in [0.2, 0.25) is 0 Å². The first-order chi connectivity index (χ1) is 17.3. The van der Waals surface area contributed by atoms with Gasteiger partial charge in [-0.15, -0.1) is 0 Å². The summed E-state index contributed by atoms with van der Waals surface area (Å²) in [6.45, 7) is 5.08. The van der Waals surface area contributed by atoms with Crippen molar-refractivity contribution in [3.05, 3.63) is 89.9 Å². The number of aliphatic hydroxyl groups is 1. The van der Waals surface area contributed by atoms with E-state index in [0.717, 1.165) is 11.6 Å². The van der Waals surface area contributed by atoms with E-state index in [9.17, 15) is 18.7 Å². The van der Waals surface area contributed by atoms with E-state index in [1.807, 2.05) is 49.1 Å². The predicted octanol–water partition coefficient (Wildman–Crippen LogP) is 4.12. The molecule has 0 spiro atoms. The maximum atomic E-state index is 14.9. The number of hydrogen-bond acceptors (Lipinski definition) is 5. The van der Waals surface area contributed by atoms with Gasteiger partial charge in [0.15, 0.2) is 0 Å². The molecule has 0 radical (unpaired) electrons. The number of halogens is 2. The molecule has 5 atom stereocenters. The molecule has 5 rings (SSSR count). The van der Waals surface area contributed by atoms with Crippen molar-refractivity contribution in [3.63, 3.8) is 0 Å². The SMILES string of the molecule is C[C@@H]1N(C(=O)[C@@H]2CN(c3ccncn3)C[C@H]2c2ccc(F)cc2F)CC[C@H](C)[C@@]1(O)c1ccccc1. The molecule has 3 aromatic rings. The third-order valence-corrected chi connectivity index (χ3v) is 8.07. The Kier molecular flexibility index (Phi) is 6.47. The lowest BCUT2D eigenvalue weighted by Crippen LogP contribution is -2.60. The molecule has 36 heavy (non-hydrogen) atoms. The van der Waals surface area contributed by atoms with Gasteiger partial charge in [0.2, 0.25) is 5.91 Å². The molecule has 1 aromatic heterocycles. The van der Waals surface area contributed by atoms with Gasteiger partial charge < -0.3 is 14.9 Å². The van der Waals surface area contributed by atoms with Gasteiger partial charge in [0, 0.05) is 37.8 Å². The van der Waals surface area contributed by atoms with Crippen molar-refractivity contribution >= 4 is 11.7 Å². The topological polar surface area (TPSA) is 69.6 Å². The van der Waals surface area contributed by atoms with Crippen LogP contribution >= 0.6 is 0 Å². The molecular formula is C28H30F2N4O2. The fraction of sp³-hybridized carbons (Fsp3) is 0.393. The molecule has 1 amide bonds. The molecule has 2 aliphatic heterocycles. The maximum absolute atomic E-state index is 14.9. The standard InChI is InChI=1S/C28H30F2N4O2/c1-18-11-13-34(19(2)28(18,36)20-6-4-3-5-7-20)27(35)24-16-33(26-10-12-31-17-32-26)15-23(24)22-9-8-21(29)14-25(22)30/h3-10,12,14,17-19,23-24,36H,11,13,15-16H2,1-2H3/t18-,19-,23-,24+,28-/m0/s1. The first kappa shape index (κ1) is 24.3. The molecule has 2 aliphatic rings. The Bertz CT molecular complexity index is 1230. The Morgan fingerprint density at radius 3 is 2.56 bits per heavy atom. The molecule has 2 fully saturated rings. The fourth-order valence-corrected chi connectivity index (χ4v) is 5.97. The minimum absolute atomic E-state index is 0.0506. The molecule has 0 saturated carbocycles. The largest absolute Gasteiger partial charge is 0.383 e. The average molecular weight is 493 g/mol. The van der Waals surface area contributed by atoms with Crippen LogP contribution in [0.5, 0.6) is 0 Å². The zero-order chi connectivity index (χ0) is 25.4. The number of carbonyl (C=O) groups is 1. The second-order valence-corrected chi connectivity index (χ2v) is 9.94. The van der Waals surface area contributed by atoms with E-state index in [4.69, 9.17) is 0 Å². The smallest absolute Gasteiger partial charge is 0.228 e. The number of piperidine rings is 1. The van der Waals surface area contributed by atoms with Crippen LogP contribution in [-0.2, 0) is 10.4 Å². The molecule has 3 heterocycles. The Morgan fingerprint density at radius 2 is 1.86 bits per heavy atom. The molecule has 188 valence electrons. The van der Waals surface area contributed by atoms with Crippen LogP contribution in [-0.4, -0.2) is 51.6 Å². The third-order valence-electron chi connectivity index (χ3n) is 8.07. The molecule has 0 unspecified atom stereocenters. The molecular weight excluding hydrogens is 462 g/mol. The van der Waals surface area contributed by atoms with Crippen LogP contribution in [0, 0.1) is 23.5 Å². The second kappa shape index (κ2) is 9.58. The van der Waals surface area contributed by atoms with Crippen LogP contribution in [0.25, 0.3) is 0 Å². The molecule has 2 aromatic carbocycles. The minimum atomic E-state index is -1.21. The van der Waals surface area contributed by atoms with Gasteiger partial charge in [-0.25, -0.2) is 18.7 Å². The lowest BCUT2D eigenvalue weighted by atomic mass is 9.72. The van der Waals surface area contributed by atoms with E-state index >= 15 is 0 Å². The lowest BCUT2D eigenvalue weighted by molar-refractivity contribution is -0.159. The summed E-state index contributed by atoms with van der Waals surface area (Å²) in [6.07, 6.45) is 3.70. The summed E-state index contributed by atoms with van der Waals surface area (Å²) >= 11 is 0. The number of hydrogen-bond donors (Lipinski definition) is 1. The van der Waals surface area contributed by atoms with Crippen LogP contribution < -0.4 is 4.90 Å². The zero-order valence-electron chi connectivity index (χ0n) is 20.4. The summed E-state index contributed by atoms with van der Waals surface area (Å²) in [5.41, 5.74) is -0.128. The summed E-state index contributed by atoms with van der Waals surface area (Å²) < 4.78 is 28.6. The van der Waals surface area contributed by atoms with Gasteiger partial charge in [0.1, 0.15) is 29.4 Å². The van der Waals surface area contributed by atoms with E-state index in [1.165, 1.54) is 18.5 Å². The highest BCUT2D eigenvalue weighted by Crippen LogP contribution is 2.44. The van der Waals surface area contributed by atoms with Crippen molar-refractivity contribution in [2.75, 3.05) is 24.5 Å². The zero-order valence-corrected chi connectivity index (χ0v) is 20.4. The molecule has 8 heteroatoms. The first-order valence-electron chi connectivity index (χ1n) is 12.3. The Morgan fingerprint density at radius 1 is 1.08 bits per heavy atom. The lowest BCUT2D eigenvalue weighted by Gasteiger charge is -2.50. The van der Waals surface area contributed by atoms with Gasteiger partial charge in [-0.05, 0) is 42.5 Å². The van der Waals surface area contributed by atoms with Gasteiger partial charge in [0.25, 0.3) is 0 Å². The Balaban J connectivity index is 1.49. The van der Waals surface area contributed by atoms with Crippen LogP contribution in [0.3, 0.4) is 0 Å². The van der Waals surface area contributed by atoms with Crippen molar-refractivity contribution in [2.24, 2.45) is 11.8 Å². The summed E-state index contributed by atoms with van der Waals surface area (Å²) in [7, 11) is 0. The number of aromatic nitrogens is 2. The van der Waals surface area contributed by atoms with Crippen LogP contribution in [0.1, 0.15) is 37.3 Å². The monoisotopic (exact) mass is 492 g/mol. The highest BCUT2D eigenvalue weighted by molar-refractivity contribution is 5.82. The summed E-state index contributed by atoms with van der Waals surface area (Å²) in [4.78, 5) is 26.1. The van der Waals surface area contributed by atoms with Crippen molar-refractivity contribution in [2.45, 2.75) is 37.8 Å². The number of amides is 1. The highest BCUT2D eigenvalue weighted by Gasteiger charge is 2.51. The quantitative estimate of drug-likeness (QED) is 0.594. The van der Waals surface area contributed by atoms with E-state index in [-0.39, 0.29) is 11.8 Å². The van der Waals surface area contributed by atoms with Crippen molar-refractivity contribution in [3.8, 4) is 0 Å². The molecule has 2 saturated heterocycles. The number of rotatable bonds is 4. The molecule has 6 nitrogen and oxygen atoms in total. The minimum Gasteiger partial charge on any atom is -0.383 e. The van der Waals surface area contributed by atoms with Gasteiger partial charge in [-0.3, -0.25) is 4.79 Å². The van der Waals surface area contributed by atoms with Gasteiger partial charge in [-0.1, -0.05) is 43.3 Å². The highest BCUT2D eigenvalue weighted by atomic mass is 19.1. The van der Waals surface area contributed by atoms with E-state index in [2.05, 4.69) is 9.97 Å². The summed E-state index contributed by atoms with van der Waals surface area (Å²) in [5, 5.41) is 11.9. The molecule has 0 aliphatic carbocycles. The van der Waals surface area contributed by atoms with Crippen molar-refractivity contribution < 1.29 is 18.7 Å². The maximum Gasteiger partial charge on any atom is 0.228 e. The number of likely N-dealkylation sites (tertiary alicyclic amines) is 1. The van der Waals surface area contributed by atoms with E-state index < -0.39 is 35.1 Å².